The molecule has 1 aromatic carbocycles. The fourth-order valence-electron chi connectivity index (χ4n) is 4.93. The molecule has 0 unspecified atom stereocenters. The van der Waals surface area contributed by atoms with Gasteiger partial charge in [-0.05, 0) is 38.5 Å². The number of imidazole rings is 1. The lowest BCUT2D eigenvalue weighted by molar-refractivity contribution is -0.146. The Morgan fingerprint density at radius 2 is 1.75 bits per heavy atom. The lowest BCUT2D eigenvalue weighted by Gasteiger charge is -2.29. The zero-order valence-corrected chi connectivity index (χ0v) is 19.8. The Morgan fingerprint density at radius 1 is 1.06 bits per heavy atom. The number of aromatic nitrogens is 4. The van der Waals surface area contributed by atoms with Crippen molar-refractivity contribution in [3.8, 4) is 0 Å². The van der Waals surface area contributed by atoms with Gasteiger partial charge < -0.3 is 20.1 Å². The highest BCUT2D eigenvalue weighted by Crippen LogP contribution is 2.38. The Labute approximate surface area is 205 Å². The molecule has 9 nitrogen and oxygen atoms in total. The normalized spacial score (nSPS) is 20.9. The molecule has 3 heterocycles. The molecule has 2 aliphatic rings. The van der Waals surface area contributed by atoms with Crippen molar-refractivity contribution < 1.29 is 27.4 Å². The van der Waals surface area contributed by atoms with Gasteiger partial charge in [-0.25, -0.2) is 23.1 Å². The predicted molar refractivity (Wildman–Crippen MR) is 125 cm³/mol. The Kier molecular flexibility index (Phi) is 6.95. The molecule has 12 heteroatoms. The fraction of sp³-hybridized carbons (Fsp3) is 0.500. The first-order valence-electron chi connectivity index (χ1n) is 12.0. The SMILES string of the molecule is COC(=O)C1CCC(n2c(Nc3c(F)cc(F)cc3F)nc3cnc(NC4CCOCC4)nc32)CC1. The number of fused-ring (bicyclic) bond motifs is 1. The van der Waals surface area contributed by atoms with Crippen molar-refractivity contribution in [2.24, 2.45) is 5.92 Å². The number of halogens is 3. The van der Waals surface area contributed by atoms with Crippen LogP contribution in [0.15, 0.2) is 18.3 Å². The summed E-state index contributed by atoms with van der Waals surface area (Å²) >= 11 is 0. The number of carbonyl (C=O) groups is 1. The minimum absolute atomic E-state index is 0.143. The number of hydrogen-bond acceptors (Lipinski definition) is 8. The molecule has 3 aromatic rings. The van der Waals surface area contributed by atoms with Gasteiger partial charge in [-0.3, -0.25) is 9.36 Å². The zero-order chi connectivity index (χ0) is 25.2. The highest BCUT2D eigenvalue weighted by atomic mass is 19.1. The third kappa shape index (κ3) is 4.95. The summed E-state index contributed by atoms with van der Waals surface area (Å²) in [4.78, 5) is 25.6. The molecule has 36 heavy (non-hydrogen) atoms. The summed E-state index contributed by atoms with van der Waals surface area (Å²) in [6.45, 7) is 1.31. The Morgan fingerprint density at radius 3 is 2.42 bits per heavy atom. The van der Waals surface area contributed by atoms with E-state index < -0.39 is 23.1 Å². The van der Waals surface area contributed by atoms with E-state index in [9.17, 15) is 18.0 Å². The van der Waals surface area contributed by atoms with Crippen LogP contribution in [-0.4, -0.2) is 51.9 Å². The number of carbonyl (C=O) groups excluding carboxylic acids is 1. The van der Waals surface area contributed by atoms with Crippen LogP contribution in [0.2, 0.25) is 0 Å². The quantitative estimate of drug-likeness (QED) is 0.474. The van der Waals surface area contributed by atoms with Crippen LogP contribution in [0.3, 0.4) is 0 Å². The van der Waals surface area contributed by atoms with Gasteiger partial charge in [-0.15, -0.1) is 0 Å². The topological polar surface area (TPSA) is 103 Å². The van der Waals surface area contributed by atoms with Gasteiger partial charge in [0.25, 0.3) is 0 Å². The van der Waals surface area contributed by atoms with Crippen molar-refractivity contribution in [2.45, 2.75) is 50.6 Å². The van der Waals surface area contributed by atoms with Crippen molar-refractivity contribution in [3.63, 3.8) is 0 Å². The van der Waals surface area contributed by atoms with Crippen LogP contribution in [0.1, 0.15) is 44.6 Å². The van der Waals surface area contributed by atoms with Crippen LogP contribution in [0.25, 0.3) is 11.2 Å². The predicted octanol–water partition coefficient (Wildman–Crippen LogP) is 4.48. The molecular formula is C24H27F3N6O3. The van der Waals surface area contributed by atoms with Gasteiger partial charge in [0.15, 0.2) is 17.3 Å². The van der Waals surface area contributed by atoms with Crippen molar-refractivity contribution >= 4 is 34.7 Å². The molecule has 5 rings (SSSR count). The summed E-state index contributed by atoms with van der Waals surface area (Å²) in [5, 5.41) is 6.04. The smallest absolute Gasteiger partial charge is 0.308 e. The summed E-state index contributed by atoms with van der Waals surface area (Å²) in [5.41, 5.74) is 0.421. The second-order valence-electron chi connectivity index (χ2n) is 9.14. The van der Waals surface area contributed by atoms with Gasteiger partial charge in [-0.2, -0.15) is 4.98 Å². The first-order chi connectivity index (χ1) is 17.4. The molecule has 2 fully saturated rings. The molecule has 2 N–H and O–H groups in total. The standard InChI is InChI=1S/C24H27F3N6O3/c1-35-22(34)13-2-4-16(5-3-13)33-21-19(12-28-23(32-21)29-15-6-8-36-9-7-15)30-24(33)31-20-17(26)10-14(25)11-18(20)27/h10-13,15-16H,2-9H2,1H3,(H,30,31)(H,28,29,32). The third-order valence-corrected chi connectivity index (χ3v) is 6.83. The number of nitrogens with zero attached hydrogens (tertiary/aromatic N) is 4. The fourth-order valence-corrected chi connectivity index (χ4v) is 4.93. The number of ether oxygens (including phenoxy) is 2. The van der Waals surface area contributed by atoms with Gasteiger partial charge in [-0.1, -0.05) is 0 Å². The maximum Gasteiger partial charge on any atom is 0.308 e. The number of methoxy groups -OCH3 is 1. The molecule has 0 bridgehead atoms. The Hall–Kier alpha value is -3.41. The lowest BCUT2D eigenvalue weighted by Crippen LogP contribution is -2.28. The molecule has 1 aliphatic carbocycles. The first-order valence-corrected chi connectivity index (χ1v) is 12.0. The minimum Gasteiger partial charge on any atom is -0.469 e. The Bertz CT molecular complexity index is 1230. The molecule has 0 amide bonds. The van der Waals surface area contributed by atoms with Gasteiger partial charge >= 0.3 is 5.97 Å². The lowest BCUT2D eigenvalue weighted by atomic mass is 9.86. The number of nitrogens with one attached hydrogen (secondary N) is 2. The van der Waals surface area contributed by atoms with Crippen LogP contribution >= 0.6 is 0 Å². The van der Waals surface area contributed by atoms with E-state index in [2.05, 4.69) is 20.6 Å². The molecule has 0 spiro atoms. The van der Waals surface area contributed by atoms with Crippen molar-refractivity contribution in [3.05, 3.63) is 35.8 Å². The average molecular weight is 505 g/mol. The molecule has 0 radical (unpaired) electrons. The van der Waals surface area contributed by atoms with E-state index in [0.717, 1.165) is 12.8 Å². The summed E-state index contributed by atoms with van der Waals surface area (Å²) < 4.78 is 54.4. The van der Waals surface area contributed by atoms with Crippen LogP contribution in [0.5, 0.6) is 0 Å². The molecule has 1 saturated carbocycles. The highest BCUT2D eigenvalue weighted by Gasteiger charge is 2.31. The molecule has 2 aromatic heterocycles. The van der Waals surface area contributed by atoms with E-state index in [1.54, 1.807) is 10.8 Å². The highest BCUT2D eigenvalue weighted by molar-refractivity contribution is 5.77. The molecule has 1 saturated heterocycles. The van der Waals surface area contributed by atoms with Crippen LogP contribution in [0.4, 0.5) is 30.8 Å². The molecule has 0 atom stereocenters. The minimum atomic E-state index is -1.08. The second-order valence-corrected chi connectivity index (χ2v) is 9.14. The third-order valence-electron chi connectivity index (χ3n) is 6.83. The monoisotopic (exact) mass is 504 g/mol. The zero-order valence-electron chi connectivity index (χ0n) is 19.8. The maximum atomic E-state index is 14.5. The average Bonchev–Trinajstić information content (AvgIpc) is 3.23. The van der Waals surface area contributed by atoms with Crippen molar-refractivity contribution in [2.75, 3.05) is 31.0 Å². The molecule has 1 aliphatic heterocycles. The number of hydrogen-bond donors (Lipinski definition) is 2. The number of benzene rings is 1. The van der Waals surface area contributed by atoms with Crippen molar-refractivity contribution in [1.82, 2.24) is 19.5 Å². The first kappa shape index (κ1) is 24.3. The van der Waals surface area contributed by atoms with Crippen LogP contribution < -0.4 is 10.6 Å². The van der Waals surface area contributed by atoms with E-state index in [-0.39, 0.29) is 29.9 Å². The number of esters is 1. The van der Waals surface area contributed by atoms with E-state index in [1.165, 1.54) is 7.11 Å². The molecule has 192 valence electrons. The van der Waals surface area contributed by atoms with Crippen LogP contribution in [0, 0.1) is 23.4 Å². The van der Waals surface area contributed by atoms with E-state index >= 15 is 0 Å². The Balaban J connectivity index is 1.51. The number of rotatable bonds is 6. The van der Waals surface area contributed by atoms with E-state index in [0.29, 0.717) is 68.1 Å². The number of anilines is 3. The van der Waals surface area contributed by atoms with Crippen LogP contribution in [-0.2, 0) is 14.3 Å². The largest absolute Gasteiger partial charge is 0.469 e. The van der Waals surface area contributed by atoms with Gasteiger partial charge in [0.1, 0.15) is 17.0 Å². The second kappa shape index (κ2) is 10.3. The summed E-state index contributed by atoms with van der Waals surface area (Å²) in [6, 6.07) is 1.24. The summed E-state index contributed by atoms with van der Waals surface area (Å²) in [7, 11) is 1.37. The molecular weight excluding hydrogens is 477 g/mol. The maximum absolute atomic E-state index is 14.5. The summed E-state index contributed by atoms with van der Waals surface area (Å²) in [5.74, 6) is -3.03. The van der Waals surface area contributed by atoms with Gasteiger partial charge in [0.2, 0.25) is 11.9 Å². The van der Waals surface area contributed by atoms with E-state index in [4.69, 9.17) is 14.5 Å². The summed E-state index contributed by atoms with van der Waals surface area (Å²) in [6.07, 6.45) is 5.62. The van der Waals surface area contributed by atoms with E-state index in [1.807, 2.05) is 0 Å². The van der Waals surface area contributed by atoms with Gasteiger partial charge in [0, 0.05) is 37.4 Å². The van der Waals surface area contributed by atoms with Gasteiger partial charge in [0.05, 0.1) is 19.2 Å². The van der Waals surface area contributed by atoms with Crippen molar-refractivity contribution in [1.29, 1.82) is 0 Å².